The number of rotatable bonds is 3. The fourth-order valence-corrected chi connectivity index (χ4v) is 5.59. The summed E-state index contributed by atoms with van der Waals surface area (Å²) in [5.74, 6) is -0.745. The molecule has 1 aromatic heterocycles. The average molecular weight is 338 g/mol. The number of carbonyl (C=O) groups excluding carboxylic acids is 1. The number of methoxy groups -OCH3 is 1. The topological polar surface area (TPSA) is 63.7 Å². The van der Waals surface area contributed by atoms with Crippen molar-refractivity contribution in [2.45, 2.75) is 24.0 Å². The maximum atomic E-state index is 12.5. The van der Waals surface area contributed by atoms with Crippen molar-refractivity contribution in [2.24, 2.45) is 5.92 Å². The van der Waals surface area contributed by atoms with Crippen LogP contribution in [0.15, 0.2) is 10.3 Å². The van der Waals surface area contributed by atoms with E-state index in [1.165, 1.54) is 11.4 Å². The second kappa shape index (κ2) is 6.01. The van der Waals surface area contributed by atoms with Gasteiger partial charge in [0.2, 0.25) is 0 Å². The van der Waals surface area contributed by atoms with Crippen LogP contribution in [0.3, 0.4) is 0 Å². The van der Waals surface area contributed by atoms with Crippen LogP contribution < -0.4 is 0 Å². The first-order chi connectivity index (χ1) is 9.36. The number of nitrogens with zero attached hydrogens (tertiary/aromatic N) is 1. The SMILES string of the molecule is COC(=O)C1CCCN(S(=O)(=O)c2cc(C)c(Cl)s2)C1. The molecular weight excluding hydrogens is 322 g/mol. The summed E-state index contributed by atoms with van der Waals surface area (Å²) < 4.78 is 31.8. The predicted molar refractivity (Wildman–Crippen MR) is 77.6 cm³/mol. The number of ether oxygens (including phenoxy) is 1. The monoisotopic (exact) mass is 337 g/mol. The molecule has 0 aromatic carbocycles. The third-order valence-electron chi connectivity index (χ3n) is 3.35. The molecule has 0 amide bonds. The van der Waals surface area contributed by atoms with Crippen molar-refractivity contribution in [3.05, 3.63) is 16.0 Å². The number of sulfonamides is 1. The number of carbonyl (C=O) groups is 1. The number of hydrogen-bond acceptors (Lipinski definition) is 5. The molecule has 1 aliphatic rings. The Morgan fingerprint density at radius 1 is 1.55 bits per heavy atom. The molecule has 8 heteroatoms. The molecule has 2 heterocycles. The minimum atomic E-state index is -3.58. The quantitative estimate of drug-likeness (QED) is 0.794. The molecule has 0 aliphatic carbocycles. The predicted octanol–water partition coefficient (Wildman–Crippen LogP) is 2.28. The molecular formula is C12H16ClNO4S2. The lowest BCUT2D eigenvalue weighted by Gasteiger charge is -2.29. The van der Waals surface area contributed by atoms with Crippen LogP contribution in [-0.2, 0) is 19.6 Å². The van der Waals surface area contributed by atoms with Crippen LogP contribution in [0.4, 0.5) is 0 Å². The fourth-order valence-electron chi connectivity index (χ4n) is 2.21. The van der Waals surface area contributed by atoms with Crippen molar-refractivity contribution < 1.29 is 17.9 Å². The van der Waals surface area contributed by atoms with E-state index >= 15 is 0 Å². The van der Waals surface area contributed by atoms with Gasteiger partial charge in [0.15, 0.2) is 0 Å². The number of halogens is 1. The number of piperidine rings is 1. The van der Waals surface area contributed by atoms with E-state index in [1.54, 1.807) is 13.0 Å². The van der Waals surface area contributed by atoms with E-state index < -0.39 is 10.0 Å². The van der Waals surface area contributed by atoms with E-state index in [0.29, 0.717) is 23.7 Å². The zero-order chi connectivity index (χ0) is 14.9. The van der Waals surface area contributed by atoms with Gasteiger partial charge in [-0.3, -0.25) is 4.79 Å². The highest BCUT2D eigenvalue weighted by atomic mass is 35.5. The van der Waals surface area contributed by atoms with Gasteiger partial charge in [-0.2, -0.15) is 4.31 Å². The third kappa shape index (κ3) is 3.00. The summed E-state index contributed by atoms with van der Waals surface area (Å²) in [4.78, 5) is 11.6. The Kier molecular flexibility index (Phi) is 4.73. The van der Waals surface area contributed by atoms with E-state index in [9.17, 15) is 13.2 Å². The largest absolute Gasteiger partial charge is 0.469 e. The minimum Gasteiger partial charge on any atom is -0.469 e. The van der Waals surface area contributed by atoms with Gasteiger partial charge in [0.05, 0.1) is 17.4 Å². The van der Waals surface area contributed by atoms with Gasteiger partial charge in [-0.1, -0.05) is 11.6 Å². The molecule has 1 fully saturated rings. The molecule has 112 valence electrons. The lowest BCUT2D eigenvalue weighted by atomic mass is 10.0. The van der Waals surface area contributed by atoms with Gasteiger partial charge in [0.1, 0.15) is 4.21 Å². The fraction of sp³-hybridized carbons (Fsp3) is 0.583. The first-order valence-electron chi connectivity index (χ1n) is 6.20. The van der Waals surface area contributed by atoms with Crippen molar-refractivity contribution in [2.75, 3.05) is 20.2 Å². The molecule has 0 bridgehead atoms. The van der Waals surface area contributed by atoms with E-state index in [0.717, 1.165) is 16.9 Å². The summed E-state index contributed by atoms with van der Waals surface area (Å²) in [7, 11) is -2.26. The maximum absolute atomic E-state index is 12.5. The molecule has 1 aromatic rings. The molecule has 1 aliphatic heterocycles. The van der Waals surface area contributed by atoms with Crippen LogP contribution in [0.5, 0.6) is 0 Å². The Bertz CT molecular complexity index is 591. The van der Waals surface area contributed by atoms with Crippen molar-refractivity contribution in [1.82, 2.24) is 4.31 Å². The molecule has 0 N–H and O–H groups in total. The van der Waals surface area contributed by atoms with Crippen LogP contribution in [0.25, 0.3) is 0 Å². The standard InChI is InChI=1S/C12H16ClNO4S2/c1-8-6-10(19-11(8)13)20(16,17)14-5-3-4-9(7-14)12(15)18-2/h6,9H,3-5,7H2,1-2H3. The van der Waals surface area contributed by atoms with Crippen LogP contribution in [0, 0.1) is 12.8 Å². The van der Waals surface area contributed by atoms with Crippen LogP contribution in [0.2, 0.25) is 4.34 Å². The van der Waals surface area contributed by atoms with Gasteiger partial charge < -0.3 is 4.74 Å². The second-order valence-electron chi connectivity index (χ2n) is 4.75. The number of esters is 1. The summed E-state index contributed by atoms with van der Waals surface area (Å²) in [6, 6.07) is 1.57. The zero-order valence-corrected chi connectivity index (χ0v) is 13.6. The number of thiophene rings is 1. The molecule has 5 nitrogen and oxygen atoms in total. The lowest BCUT2D eigenvalue weighted by Crippen LogP contribution is -2.42. The van der Waals surface area contributed by atoms with Crippen LogP contribution in [-0.4, -0.2) is 38.9 Å². The Morgan fingerprint density at radius 2 is 2.25 bits per heavy atom. The average Bonchev–Trinajstić information content (AvgIpc) is 2.78. The van der Waals surface area contributed by atoms with Crippen molar-refractivity contribution in [1.29, 1.82) is 0 Å². The maximum Gasteiger partial charge on any atom is 0.309 e. The molecule has 0 radical (unpaired) electrons. The number of aryl methyl sites for hydroxylation is 1. The molecule has 1 atom stereocenters. The highest BCUT2D eigenvalue weighted by molar-refractivity contribution is 7.91. The smallest absolute Gasteiger partial charge is 0.309 e. The van der Waals surface area contributed by atoms with E-state index in [2.05, 4.69) is 0 Å². The van der Waals surface area contributed by atoms with Crippen molar-refractivity contribution in [3.8, 4) is 0 Å². The highest BCUT2D eigenvalue weighted by Crippen LogP contribution is 2.33. The van der Waals surface area contributed by atoms with Gasteiger partial charge in [0.25, 0.3) is 10.0 Å². The minimum absolute atomic E-state index is 0.170. The van der Waals surface area contributed by atoms with Gasteiger partial charge >= 0.3 is 5.97 Å². The summed E-state index contributed by atoms with van der Waals surface area (Å²) in [6.07, 6.45) is 1.31. The Hall–Kier alpha value is -0.630. The molecule has 1 saturated heterocycles. The van der Waals surface area contributed by atoms with Gasteiger partial charge in [0, 0.05) is 13.1 Å². The Morgan fingerprint density at radius 3 is 2.80 bits per heavy atom. The van der Waals surface area contributed by atoms with Gasteiger partial charge in [-0.25, -0.2) is 8.42 Å². The van der Waals surface area contributed by atoms with Crippen LogP contribution in [0.1, 0.15) is 18.4 Å². The van der Waals surface area contributed by atoms with Crippen LogP contribution >= 0.6 is 22.9 Å². The summed E-state index contributed by atoms with van der Waals surface area (Å²) in [5.41, 5.74) is 0.747. The second-order valence-corrected chi connectivity index (χ2v) is 8.57. The summed E-state index contributed by atoms with van der Waals surface area (Å²) >= 11 is 6.99. The Labute approximate surface area is 127 Å². The van der Waals surface area contributed by atoms with Crippen molar-refractivity contribution in [3.63, 3.8) is 0 Å². The summed E-state index contributed by atoms with van der Waals surface area (Å²) in [5, 5.41) is 0. The number of hydrogen-bond donors (Lipinski definition) is 0. The van der Waals surface area contributed by atoms with E-state index in [1.807, 2.05) is 0 Å². The van der Waals surface area contributed by atoms with Crippen molar-refractivity contribution >= 4 is 38.9 Å². The van der Waals surface area contributed by atoms with E-state index in [-0.39, 0.29) is 22.6 Å². The lowest BCUT2D eigenvalue weighted by molar-refractivity contribution is -0.146. The van der Waals surface area contributed by atoms with Gasteiger partial charge in [-0.15, -0.1) is 11.3 Å². The van der Waals surface area contributed by atoms with Gasteiger partial charge in [-0.05, 0) is 31.4 Å². The molecule has 20 heavy (non-hydrogen) atoms. The Balaban J connectivity index is 2.23. The molecule has 0 spiro atoms. The molecule has 2 rings (SSSR count). The first kappa shape index (κ1) is 15.8. The van der Waals surface area contributed by atoms with E-state index in [4.69, 9.17) is 16.3 Å². The molecule has 1 unspecified atom stereocenters. The normalized spacial score (nSPS) is 20.9. The first-order valence-corrected chi connectivity index (χ1v) is 8.83. The summed E-state index contributed by atoms with van der Waals surface area (Å²) in [6.45, 7) is 2.36. The highest BCUT2D eigenvalue weighted by Gasteiger charge is 2.34. The third-order valence-corrected chi connectivity index (χ3v) is 7.22. The molecule has 0 saturated carbocycles. The zero-order valence-electron chi connectivity index (χ0n) is 11.3.